The first kappa shape index (κ1) is 24.5. The lowest BCUT2D eigenvalue weighted by atomic mass is 10.00. The molecule has 1 unspecified atom stereocenters. The van der Waals surface area contributed by atoms with Crippen LogP contribution in [-0.2, 0) is 24.4 Å². The van der Waals surface area contributed by atoms with Gasteiger partial charge in [0.1, 0.15) is 11.9 Å². The fourth-order valence-electron chi connectivity index (χ4n) is 3.76. The van der Waals surface area contributed by atoms with Gasteiger partial charge in [0, 0.05) is 18.2 Å². The molecule has 0 spiro atoms. The van der Waals surface area contributed by atoms with Crippen LogP contribution in [0.2, 0.25) is 0 Å². The summed E-state index contributed by atoms with van der Waals surface area (Å²) in [6.45, 7) is 6.50. The van der Waals surface area contributed by atoms with Gasteiger partial charge < -0.3 is 5.32 Å². The molecule has 176 valence electrons. The van der Waals surface area contributed by atoms with Gasteiger partial charge >= 0.3 is 0 Å². The van der Waals surface area contributed by atoms with Crippen LogP contribution in [0.5, 0.6) is 0 Å². The van der Waals surface area contributed by atoms with Crippen molar-refractivity contribution >= 4 is 39.1 Å². The SMILES string of the molecule is CCC(C)(C)N(C1CC(=O)N(c2ccc(NC(C)=O)cc2)C1=O)S(=O)(=O)c1ccc(F)cc1. The van der Waals surface area contributed by atoms with E-state index < -0.39 is 39.2 Å². The monoisotopic (exact) mass is 475 g/mol. The second-order valence-corrected chi connectivity index (χ2v) is 10.3. The second-order valence-electron chi connectivity index (χ2n) is 8.44. The van der Waals surface area contributed by atoms with Crippen molar-refractivity contribution in [2.24, 2.45) is 0 Å². The van der Waals surface area contributed by atoms with Crippen molar-refractivity contribution in [1.29, 1.82) is 0 Å². The summed E-state index contributed by atoms with van der Waals surface area (Å²) in [5.41, 5.74) is -0.233. The molecule has 2 aromatic rings. The highest BCUT2D eigenvalue weighted by Crippen LogP contribution is 2.36. The van der Waals surface area contributed by atoms with Crippen molar-refractivity contribution in [3.8, 4) is 0 Å². The van der Waals surface area contributed by atoms with Crippen LogP contribution < -0.4 is 10.2 Å². The summed E-state index contributed by atoms with van der Waals surface area (Å²) in [6, 6.07) is 9.22. The number of nitrogens with zero attached hydrogens (tertiary/aromatic N) is 2. The van der Waals surface area contributed by atoms with Gasteiger partial charge in [0.05, 0.1) is 17.0 Å². The van der Waals surface area contributed by atoms with Crippen LogP contribution in [0.1, 0.15) is 40.5 Å². The first-order chi connectivity index (χ1) is 15.4. The molecule has 3 rings (SSSR count). The molecule has 0 aliphatic carbocycles. The van der Waals surface area contributed by atoms with E-state index in [2.05, 4.69) is 5.32 Å². The summed E-state index contributed by atoms with van der Waals surface area (Å²) < 4.78 is 41.6. The third-order valence-electron chi connectivity index (χ3n) is 5.68. The number of sulfonamides is 1. The summed E-state index contributed by atoms with van der Waals surface area (Å²) in [5.74, 6) is -2.06. The fourth-order valence-corrected chi connectivity index (χ4v) is 5.74. The Morgan fingerprint density at radius 1 is 1.12 bits per heavy atom. The number of carbonyl (C=O) groups is 3. The maximum absolute atomic E-state index is 13.6. The molecular weight excluding hydrogens is 449 g/mol. The molecule has 2 aromatic carbocycles. The highest BCUT2D eigenvalue weighted by Gasteiger charge is 2.51. The standard InChI is InChI=1S/C23H26FN3O5S/c1-5-23(3,4)27(33(31,32)19-12-6-16(24)7-13-19)20-14-21(29)26(22(20)30)18-10-8-17(9-11-18)25-15(2)28/h6-13,20H,5,14H2,1-4H3,(H,25,28). The number of nitrogens with one attached hydrogen (secondary N) is 1. The highest BCUT2D eigenvalue weighted by molar-refractivity contribution is 7.89. The molecule has 1 atom stereocenters. The third-order valence-corrected chi connectivity index (χ3v) is 7.82. The zero-order valence-corrected chi connectivity index (χ0v) is 19.6. The average molecular weight is 476 g/mol. The molecule has 0 saturated carbocycles. The average Bonchev–Trinajstić information content (AvgIpc) is 3.01. The van der Waals surface area contributed by atoms with Gasteiger partial charge in [-0.2, -0.15) is 4.31 Å². The highest BCUT2D eigenvalue weighted by atomic mass is 32.2. The molecule has 1 heterocycles. The zero-order chi connectivity index (χ0) is 24.6. The quantitative estimate of drug-likeness (QED) is 0.619. The van der Waals surface area contributed by atoms with Gasteiger partial charge in [-0.1, -0.05) is 6.92 Å². The van der Waals surface area contributed by atoms with Crippen LogP contribution in [0.25, 0.3) is 0 Å². The Hall–Kier alpha value is -3.11. The van der Waals surface area contributed by atoms with Gasteiger partial charge in [0.2, 0.25) is 21.8 Å². The third kappa shape index (κ3) is 4.81. The van der Waals surface area contributed by atoms with E-state index >= 15 is 0 Å². The summed E-state index contributed by atoms with van der Waals surface area (Å²) in [7, 11) is -4.23. The van der Waals surface area contributed by atoms with Gasteiger partial charge in [-0.3, -0.25) is 14.4 Å². The molecule has 0 aromatic heterocycles. The maximum atomic E-state index is 13.6. The van der Waals surface area contributed by atoms with Crippen LogP contribution in [0.3, 0.4) is 0 Å². The number of carbonyl (C=O) groups excluding carboxylic acids is 3. The number of hydrogen-bond donors (Lipinski definition) is 1. The predicted octanol–water partition coefficient (Wildman–Crippen LogP) is 3.30. The predicted molar refractivity (Wildman–Crippen MR) is 121 cm³/mol. The van der Waals surface area contributed by atoms with E-state index in [4.69, 9.17) is 0 Å². The second kappa shape index (κ2) is 9.03. The molecule has 1 fully saturated rings. The first-order valence-corrected chi connectivity index (χ1v) is 11.9. The van der Waals surface area contributed by atoms with E-state index in [1.165, 1.54) is 19.1 Å². The Morgan fingerprint density at radius 3 is 2.21 bits per heavy atom. The topological polar surface area (TPSA) is 104 Å². The van der Waals surface area contributed by atoms with Crippen LogP contribution >= 0.6 is 0 Å². The van der Waals surface area contributed by atoms with Crippen LogP contribution in [-0.4, -0.2) is 42.0 Å². The van der Waals surface area contributed by atoms with Gasteiger partial charge in [0.25, 0.3) is 5.91 Å². The lowest BCUT2D eigenvalue weighted by Crippen LogP contribution is -2.55. The molecule has 1 aliphatic rings. The smallest absolute Gasteiger partial charge is 0.252 e. The van der Waals surface area contributed by atoms with E-state index in [1.807, 2.05) is 0 Å². The number of benzene rings is 2. The lowest BCUT2D eigenvalue weighted by Gasteiger charge is -2.39. The van der Waals surface area contributed by atoms with Crippen molar-refractivity contribution < 1.29 is 27.2 Å². The van der Waals surface area contributed by atoms with E-state index in [1.54, 1.807) is 32.9 Å². The Morgan fingerprint density at radius 2 is 1.70 bits per heavy atom. The molecule has 0 radical (unpaired) electrons. The minimum absolute atomic E-state index is 0.163. The number of rotatable bonds is 7. The summed E-state index contributed by atoms with van der Waals surface area (Å²) >= 11 is 0. The Bertz CT molecular complexity index is 1180. The number of anilines is 2. The number of imide groups is 1. The van der Waals surface area contributed by atoms with Crippen molar-refractivity contribution in [2.45, 2.75) is 57.0 Å². The van der Waals surface area contributed by atoms with Crippen molar-refractivity contribution in [3.05, 3.63) is 54.3 Å². The van der Waals surface area contributed by atoms with E-state index in [9.17, 15) is 27.2 Å². The van der Waals surface area contributed by atoms with Crippen molar-refractivity contribution in [2.75, 3.05) is 10.2 Å². The van der Waals surface area contributed by atoms with E-state index in [-0.39, 0.29) is 22.9 Å². The van der Waals surface area contributed by atoms with E-state index in [0.29, 0.717) is 12.1 Å². The van der Waals surface area contributed by atoms with Gasteiger partial charge in [0.15, 0.2) is 0 Å². The molecule has 3 amide bonds. The molecule has 1 saturated heterocycles. The number of amides is 3. The first-order valence-electron chi connectivity index (χ1n) is 10.4. The molecule has 10 heteroatoms. The van der Waals surface area contributed by atoms with Crippen LogP contribution in [0.15, 0.2) is 53.4 Å². The Labute approximate surface area is 192 Å². The summed E-state index contributed by atoms with van der Waals surface area (Å²) in [6.07, 6.45) is 0.0486. The molecular formula is C23H26FN3O5S. The molecule has 1 N–H and O–H groups in total. The molecule has 1 aliphatic heterocycles. The minimum Gasteiger partial charge on any atom is -0.326 e. The van der Waals surface area contributed by atoms with Crippen molar-refractivity contribution in [1.82, 2.24) is 4.31 Å². The number of halogens is 1. The normalized spacial score (nSPS) is 17.0. The zero-order valence-electron chi connectivity index (χ0n) is 18.8. The maximum Gasteiger partial charge on any atom is 0.252 e. The summed E-state index contributed by atoms with van der Waals surface area (Å²) in [4.78, 5) is 38.2. The minimum atomic E-state index is -4.23. The summed E-state index contributed by atoms with van der Waals surface area (Å²) in [5, 5.41) is 2.60. The largest absolute Gasteiger partial charge is 0.326 e. The number of hydrogen-bond acceptors (Lipinski definition) is 5. The van der Waals surface area contributed by atoms with Gasteiger partial charge in [-0.25, -0.2) is 17.7 Å². The van der Waals surface area contributed by atoms with Gasteiger partial charge in [-0.05, 0) is 68.8 Å². The molecule has 8 nitrogen and oxygen atoms in total. The van der Waals surface area contributed by atoms with Crippen LogP contribution in [0, 0.1) is 5.82 Å². The fraction of sp³-hybridized carbons (Fsp3) is 0.348. The van der Waals surface area contributed by atoms with Gasteiger partial charge in [-0.15, -0.1) is 0 Å². The molecule has 0 bridgehead atoms. The van der Waals surface area contributed by atoms with Crippen LogP contribution in [0.4, 0.5) is 15.8 Å². The van der Waals surface area contributed by atoms with E-state index in [0.717, 1.165) is 33.5 Å². The molecule has 33 heavy (non-hydrogen) atoms. The Kier molecular flexibility index (Phi) is 6.71. The Balaban J connectivity index is 2.01. The van der Waals surface area contributed by atoms with Crippen molar-refractivity contribution in [3.63, 3.8) is 0 Å². The lowest BCUT2D eigenvalue weighted by molar-refractivity contribution is -0.123.